The number of ether oxygens (including phenoxy) is 2. The molecule has 0 N–H and O–H groups in total. The third kappa shape index (κ3) is 11.5. The smallest absolute Gasteiger partial charge is 0.302 e. The maximum absolute atomic E-state index is 10.9. The van der Waals surface area contributed by atoms with Gasteiger partial charge in [0.15, 0.2) is 0 Å². The predicted molar refractivity (Wildman–Crippen MR) is 69.5 cm³/mol. The molecule has 106 valence electrons. The van der Waals surface area contributed by atoms with Crippen molar-refractivity contribution >= 4 is 11.8 Å². The molecular formula is C13H25NO4. The Kier molecular flexibility index (Phi) is 10.6. The van der Waals surface area contributed by atoms with Crippen molar-refractivity contribution < 1.29 is 19.1 Å². The lowest BCUT2D eigenvalue weighted by Crippen LogP contribution is -2.32. The van der Waals surface area contributed by atoms with Crippen LogP contribution in [0.4, 0.5) is 0 Å². The Morgan fingerprint density at radius 2 is 1.72 bits per heavy atom. The highest BCUT2D eigenvalue weighted by Crippen LogP contribution is 1.97. The molecule has 0 atom stereocenters. The fourth-order valence-corrected chi connectivity index (χ4v) is 1.54. The maximum Gasteiger partial charge on any atom is 0.302 e. The predicted octanol–water partition coefficient (Wildman–Crippen LogP) is 1.26. The third-order valence-corrected chi connectivity index (χ3v) is 2.47. The second-order valence-electron chi connectivity index (χ2n) is 4.18. The van der Waals surface area contributed by atoms with E-state index in [9.17, 15) is 9.59 Å². The van der Waals surface area contributed by atoms with Crippen molar-refractivity contribution in [2.24, 2.45) is 0 Å². The highest BCUT2D eigenvalue weighted by molar-refractivity contribution is 5.75. The monoisotopic (exact) mass is 259 g/mol. The van der Waals surface area contributed by atoms with Crippen LogP contribution in [0.2, 0.25) is 0 Å². The van der Waals surface area contributed by atoms with Gasteiger partial charge in [-0.25, -0.2) is 0 Å². The number of esters is 1. The summed E-state index contributed by atoms with van der Waals surface area (Å²) in [6.07, 6.45) is 1.43. The maximum atomic E-state index is 10.9. The van der Waals surface area contributed by atoms with Gasteiger partial charge in [0.2, 0.25) is 0 Å². The summed E-state index contributed by atoms with van der Waals surface area (Å²) in [7, 11) is 0. The van der Waals surface area contributed by atoms with E-state index in [1.54, 1.807) is 6.92 Å². The minimum atomic E-state index is -0.261. The molecule has 0 heterocycles. The van der Waals surface area contributed by atoms with Crippen molar-refractivity contribution in [3.63, 3.8) is 0 Å². The summed E-state index contributed by atoms with van der Waals surface area (Å²) >= 11 is 0. The standard InChI is InChI=1S/C13H25NO4/c1-4-17-10-8-14(7-5-6-12(2)15)9-11-18-13(3)16/h4-11H2,1-3H3. The van der Waals surface area contributed by atoms with E-state index in [2.05, 4.69) is 4.90 Å². The molecule has 5 heteroatoms. The SMILES string of the molecule is CCOCCN(CCCC(C)=O)CCOC(C)=O. The Hall–Kier alpha value is -0.940. The molecule has 0 aromatic carbocycles. The first-order valence-electron chi connectivity index (χ1n) is 6.49. The van der Waals surface area contributed by atoms with Gasteiger partial charge in [0.05, 0.1) is 6.61 Å². The zero-order valence-corrected chi connectivity index (χ0v) is 11.7. The minimum absolute atomic E-state index is 0.208. The van der Waals surface area contributed by atoms with Gasteiger partial charge in [-0.05, 0) is 26.8 Å². The minimum Gasteiger partial charge on any atom is -0.465 e. The highest BCUT2D eigenvalue weighted by atomic mass is 16.5. The summed E-state index contributed by atoms with van der Waals surface area (Å²) in [6.45, 7) is 9.03. The molecule has 0 amide bonds. The van der Waals surface area contributed by atoms with Crippen LogP contribution in [0.5, 0.6) is 0 Å². The van der Waals surface area contributed by atoms with Crippen molar-refractivity contribution in [3.8, 4) is 0 Å². The Morgan fingerprint density at radius 1 is 1.06 bits per heavy atom. The first-order valence-corrected chi connectivity index (χ1v) is 6.49. The Morgan fingerprint density at radius 3 is 2.28 bits per heavy atom. The number of nitrogens with zero attached hydrogens (tertiary/aromatic N) is 1. The number of carbonyl (C=O) groups excluding carboxylic acids is 2. The van der Waals surface area contributed by atoms with Gasteiger partial charge in [0.25, 0.3) is 0 Å². The van der Waals surface area contributed by atoms with Gasteiger partial charge in [0, 0.05) is 33.0 Å². The number of ketones is 1. The molecule has 0 unspecified atom stereocenters. The zero-order valence-electron chi connectivity index (χ0n) is 11.7. The van der Waals surface area contributed by atoms with Crippen LogP contribution in [0.25, 0.3) is 0 Å². The van der Waals surface area contributed by atoms with Crippen LogP contribution in [-0.4, -0.2) is 56.1 Å². The Bertz CT molecular complexity index is 223. The average Bonchev–Trinajstić information content (AvgIpc) is 2.27. The fraction of sp³-hybridized carbons (Fsp3) is 0.846. The summed E-state index contributed by atoms with van der Waals surface area (Å²) in [6, 6.07) is 0. The molecule has 0 radical (unpaired) electrons. The van der Waals surface area contributed by atoms with Crippen LogP contribution >= 0.6 is 0 Å². The molecule has 0 aliphatic rings. The van der Waals surface area contributed by atoms with Crippen molar-refractivity contribution in [1.29, 1.82) is 0 Å². The van der Waals surface area contributed by atoms with E-state index < -0.39 is 0 Å². The van der Waals surface area contributed by atoms with Crippen molar-refractivity contribution in [3.05, 3.63) is 0 Å². The zero-order chi connectivity index (χ0) is 13.8. The van der Waals surface area contributed by atoms with Gasteiger partial charge in [-0.3, -0.25) is 9.69 Å². The molecule has 0 aromatic rings. The summed E-state index contributed by atoms with van der Waals surface area (Å²) in [5.41, 5.74) is 0. The molecule has 18 heavy (non-hydrogen) atoms. The van der Waals surface area contributed by atoms with Gasteiger partial charge in [-0.1, -0.05) is 0 Å². The molecule has 0 saturated heterocycles. The lowest BCUT2D eigenvalue weighted by molar-refractivity contribution is -0.141. The van der Waals surface area contributed by atoms with Crippen molar-refractivity contribution in [2.45, 2.75) is 33.6 Å². The number of hydrogen-bond acceptors (Lipinski definition) is 5. The molecule has 0 aromatic heterocycles. The van der Waals surface area contributed by atoms with Crippen molar-refractivity contribution in [1.82, 2.24) is 4.90 Å². The van der Waals surface area contributed by atoms with Gasteiger partial charge in [-0.15, -0.1) is 0 Å². The van der Waals surface area contributed by atoms with E-state index in [-0.39, 0.29) is 11.8 Å². The fourth-order valence-electron chi connectivity index (χ4n) is 1.54. The number of carbonyl (C=O) groups is 2. The highest BCUT2D eigenvalue weighted by Gasteiger charge is 2.06. The number of hydrogen-bond donors (Lipinski definition) is 0. The molecule has 0 aliphatic heterocycles. The Balaban J connectivity index is 3.83. The summed E-state index contributed by atoms with van der Waals surface area (Å²) in [5, 5.41) is 0. The van der Waals surface area contributed by atoms with E-state index in [0.717, 1.165) is 19.5 Å². The lowest BCUT2D eigenvalue weighted by Gasteiger charge is -2.21. The average molecular weight is 259 g/mol. The van der Waals surface area contributed by atoms with Gasteiger partial charge < -0.3 is 14.3 Å². The van der Waals surface area contributed by atoms with Crippen LogP contribution in [0.1, 0.15) is 33.6 Å². The summed E-state index contributed by atoms with van der Waals surface area (Å²) in [4.78, 5) is 23.7. The van der Waals surface area contributed by atoms with E-state index in [1.807, 2.05) is 6.92 Å². The molecule has 0 spiro atoms. The number of Topliss-reactive ketones (excluding diaryl/α,β-unsaturated/α-hetero) is 1. The second kappa shape index (κ2) is 11.2. The summed E-state index contributed by atoms with van der Waals surface area (Å²) in [5.74, 6) is -0.0526. The first kappa shape index (κ1) is 17.1. The molecule has 5 nitrogen and oxygen atoms in total. The molecule has 0 rings (SSSR count). The van der Waals surface area contributed by atoms with Gasteiger partial charge >= 0.3 is 5.97 Å². The lowest BCUT2D eigenvalue weighted by atomic mass is 10.2. The van der Waals surface area contributed by atoms with E-state index in [0.29, 0.717) is 32.8 Å². The first-order chi connectivity index (χ1) is 8.56. The molecule has 0 fully saturated rings. The van der Waals surface area contributed by atoms with E-state index >= 15 is 0 Å². The molecular weight excluding hydrogens is 234 g/mol. The topological polar surface area (TPSA) is 55.8 Å². The largest absolute Gasteiger partial charge is 0.465 e. The molecule has 0 bridgehead atoms. The normalized spacial score (nSPS) is 10.7. The van der Waals surface area contributed by atoms with E-state index in [1.165, 1.54) is 6.92 Å². The van der Waals surface area contributed by atoms with Crippen LogP contribution < -0.4 is 0 Å². The van der Waals surface area contributed by atoms with Crippen LogP contribution in [-0.2, 0) is 19.1 Å². The third-order valence-electron chi connectivity index (χ3n) is 2.47. The van der Waals surface area contributed by atoms with Gasteiger partial charge in [-0.2, -0.15) is 0 Å². The van der Waals surface area contributed by atoms with E-state index in [4.69, 9.17) is 9.47 Å². The van der Waals surface area contributed by atoms with Crippen molar-refractivity contribution in [2.75, 3.05) is 39.5 Å². The van der Waals surface area contributed by atoms with Crippen LogP contribution in [0.3, 0.4) is 0 Å². The molecule has 0 saturated carbocycles. The second-order valence-corrected chi connectivity index (χ2v) is 4.18. The summed E-state index contributed by atoms with van der Waals surface area (Å²) < 4.78 is 10.2. The van der Waals surface area contributed by atoms with Gasteiger partial charge in [0.1, 0.15) is 12.4 Å². The van der Waals surface area contributed by atoms with Crippen LogP contribution in [0.15, 0.2) is 0 Å². The quantitative estimate of drug-likeness (QED) is 0.413. The molecule has 0 aliphatic carbocycles. The van der Waals surface area contributed by atoms with Crippen LogP contribution in [0, 0.1) is 0 Å². The number of rotatable bonds is 11. The Labute approximate surface area is 109 Å².